The molecule has 1 saturated heterocycles. The van der Waals surface area contributed by atoms with E-state index in [0.29, 0.717) is 30.5 Å². The molecular weight excluding hydrogens is 298 g/mol. The van der Waals surface area contributed by atoms with Crippen molar-refractivity contribution >= 4 is 29.1 Å². The van der Waals surface area contributed by atoms with Crippen LogP contribution < -0.4 is 16.4 Å². The van der Waals surface area contributed by atoms with Gasteiger partial charge < -0.3 is 21.1 Å². The molecule has 2 aromatic rings. The Morgan fingerprint density at radius 1 is 1.09 bits per heavy atom. The van der Waals surface area contributed by atoms with Gasteiger partial charge in [-0.25, -0.2) is 9.97 Å². The maximum atomic E-state index is 6.15. The summed E-state index contributed by atoms with van der Waals surface area (Å²) in [5, 5.41) is 0. The Morgan fingerprint density at radius 3 is 2.41 bits per heavy atom. The number of hydrogen-bond donors (Lipinski definition) is 2. The molecule has 0 spiro atoms. The molecule has 1 aromatic carbocycles. The van der Waals surface area contributed by atoms with Crippen LogP contribution in [0.2, 0.25) is 0 Å². The maximum Gasteiger partial charge on any atom is 0.163 e. The predicted molar refractivity (Wildman–Crippen MR) is 91.1 cm³/mol. The Bertz CT molecular complexity index is 656. The van der Waals surface area contributed by atoms with Gasteiger partial charge in [0.15, 0.2) is 5.82 Å². The van der Waals surface area contributed by atoms with Crippen molar-refractivity contribution < 1.29 is 4.74 Å². The number of nitrogen functional groups attached to an aromatic ring is 2. The predicted octanol–water partition coefficient (Wildman–Crippen LogP) is 1.87. The van der Waals surface area contributed by atoms with Gasteiger partial charge in [0, 0.05) is 24.3 Å². The number of ether oxygens (including phenoxy) is 1. The van der Waals surface area contributed by atoms with Gasteiger partial charge in [-0.15, -0.1) is 11.8 Å². The number of morpholine rings is 1. The summed E-state index contributed by atoms with van der Waals surface area (Å²) >= 11 is 1.57. The molecular formula is C15H19N5OS. The zero-order valence-electron chi connectivity index (χ0n) is 12.5. The summed E-state index contributed by atoms with van der Waals surface area (Å²) < 4.78 is 5.42. The monoisotopic (exact) mass is 317 g/mol. The Morgan fingerprint density at radius 2 is 1.77 bits per heavy atom. The molecule has 1 aliphatic rings. The van der Waals surface area contributed by atoms with Crippen molar-refractivity contribution in [3.8, 4) is 11.4 Å². The molecule has 0 amide bonds. The van der Waals surface area contributed by atoms with Crippen LogP contribution >= 0.6 is 11.8 Å². The number of benzene rings is 1. The number of anilines is 3. The minimum atomic E-state index is 0.510. The molecule has 0 bridgehead atoms. The highest BCUT2D eigenvalue weighted by Gasteiger charge is 2.20. The molecule has 0 radical (unpaired) electrons. The maximum absolute atomic E-state index is 6.15. The van der Waals surface area contributed by atoms with Gasteiger partial charge in [0.05, 0.1) is 18.1 Å². The highest BCUT2D eigenvalue weighted by Crippen LogP contribution is 2.33. The molecule has 7 heteroatoms. The zero-order valence-corrected chi connectivity index (χ0v) is 13.3. The third kappa shape index (κ3) is 2.95. The van der Waals surface area contributed by atoms with E-state index in [1.165, 1.54) is 0 Å². The second-order valence-electron chi connectivity index (χ2n) is 5.01. The van der Waals surface area contributed by atoms with Gasteiger partial charge in [0.1, 0.15) is 11.6 Å². The number of rotatable bonds is 3. The normalized spacial score (nSPS) is 15.0. The number of nitrogens with zero attached hydrogens (tertiary/aromatic N) is 3. The van der Waals surface area contributed by atoms with Crippen LogP contribution in [0.15, 0.2) is 29.2 Å². The molecule has 2 heterocycles. The minimum Gasteiger partial charge on any atom is -0.399 e. The number of hydrogen-bond acceptors (Lipinski definition) is 7. The highest BCUT2D eigenvalue weighted by molar-refractivity contribution is 7.98. The third-order valence-electron chi connectivity index (χ3n) is 3.56. The minimum absolute atomic E-state index is 0.510. The summed E-state index contributed by atoms with van der Waals surface area (Å²) in [6.07, 6.45) is 1.99. The molecule has 4 N–H and O–H groups in total. The third-order valence-corrected chi connectivity index (χ3v) is 4.36. The van der Waals surface area contributed by atoms with Gasteiger partial charge in [-0.05, 0) is 30.5 Å². The average molecular weight is 317 g/mol. The first-order valence-electron chi connectivity index (χ1n) is 7.09. The van der Waals surface area contributed by atoms with Crippen LogP contribution in [0, 0.1) is 0 Å². The first-order chi connectivity index (χ1) is 10.7. The van der Waals surface area contributed by atoms with E-state index in [1.807, 2.05) is 30.5 Å². The molecule has 1 aliphatic heterocycles. The first kappa shape index (κ1) is 14.9. The van der Waals surface area contributed by atoms with Crippen LogP contribution in [0.25, 0.3) is 11.4 Å². The van der Waals surface area contributed by atoms with Gasteiger partial charge >= 0.3 is 0 Å². The average Bonchev–Trinajstić information content (AvgIpc) is 2.55. The van der Waals surface area contributed by atoms with Crippen LogP contribution in [0.1, 0.15) is 0 Å². The van der Waals surface area contributed by atoms with E-state index in [0.717, 1.165) is 29.4 Å². The van der Waals surface area contributed by atoms with Gasteiger partial charge in [-0.1, -0.05) is 0 Å². The van der Waals surface area contributed by atoms with Crippen LogP contribution in [0.5, 0.6) is 0 Å². The zero-order chi connectivity index (χ0) is 15.5. The van der Waals surface area contributed by atoms with E-state index in [1.54, 1.807) is 11.8 Å². The van der Waals surface area contributed by atoms with E-state index in [4.69, 9.17) is 21.2 Å². The molecule has 22 heavy (non-hydrogen) atoms. The van der Waals surface area contributed by atoms with Crippen LogP contribution in [-0.2, 0) is 4.74 Å². The fraction of sp³-hybridized carbons (Fsp3) is 0.333. The number of nitrogens with two attached hydrogens (primary N) is 2. The van der Waals surface area contributed by atoms with Gasteiger partial charge in [0.2, 0.25) is 0 Å². The summed E-state index contributed by atoms with van der Waals surface area (Å²) in [6, 6.07) is 7.50. The molecule has 0 unspecified atom stereocenters. The van der Waals surface area contributed by atoms with Crippen molar-refractivity contribution in [3.05, 3.63) is 24.3 Å². The molecule has 116 valence electrons. The SMILES string of the molecule is CSc1c(N)nc(-c2ccc(N)cc2)nc1N1CCOCC1. The second-order valence-corrected chi connectivity index (χ2v) is 5.83. The standard InChI is InChI=1S/C15H19N5OS/c1-22-12-13(17)18-14(10-2-4-11(16)5-3-10)19-15(12)20-6-8-21-9-7-20/h2-5H,6-9,16H2,1H3,(H2,17,18,19). The van der Waals surface area contributed by atoms with Crippen LogP contribution in [-0.4, -0.2) is 42.5 Å². The Kier molecular flexibility index (Phi) is 4.35. The van der Waals surface area contributed by atoms with E-state index in [9.17, 15) is 0 Å². The van der Waals surface area contributed by atoms with Crippen molar-refractivity contribution in [2.24, 2.45) is 0 Å². The lowest BCUT2D eigenvalue weighted by atomic mass is 10.2. The molecule has 1 aromatic heterocycles. The quantitative estimate of drug-likeness (QED) is 0.659. The largest absolute Gasteiger partial charge is 0.399 e. The van der Waals surface area contributed by atoms with E-state index >= 15 is 0 Å². The fourth-order valence-electron chi connectivity index (χ4n) is 2.40. The van der Waals surface area contributed by atoms with Crippen molar-refractivity contribution in [2.75, 3.05) is 48.9 Å². The summed E-state index contributed by atoms with van der Waals surface area (Å²) in [6.45, 7) is 3.03. The Labute approximate surface area is 133 Å². The lowest BCUT2D eigenvalue weighted by Gasteiger charge is -2.29. The molecule has 1 fully saturated rings. The summed E-state index contributed by atoms with van der Waals surface area (Å²) in [7, 11) is 0. The number of aromatic nitrogens is 2. The highest BCUT2D eigenvalue weighted by atomic mass is 32.2. The van der Waals surface area contributed by atoms with E-state index < -0.39 is 0 Å². The van der Waals surface area contributed by atoms with Crippen molar-refractivity contribution in [2.45, 2.75) is 4.90 Å². The molecule has 0 saturated carbocycles. The van der Waals surface area contributed by atoms with Gasteiger partial charge in [-0.2, -0.15) is 0 Å². The van der Waals surface area contributed by atoms with Gasteiger partial charge in [0.25, 0.3) is 0 Å². The summed E-state index contributed by atoms with van der Waals surface area (Å²) in [4.78, 5) is 12.3. The summed E-state index contributed by atoms with van der Waals surface area (Å²) in [5.41, 5.74) is 13.5. The van der Waals surface area contributed by atoms with Crippen LogP contribution in [0.4, 0.5) is 17.3 Å². The molecule has 0 atom stereocenters. The second kappa shape index (κ2) is 6.41. The van der Waals surface area contributed by atoms with Crippen molar-refractivity contribution in [3.63, 3.8) is 0 Å². The summed E-state index contributed by atoms with van der Waals surface area (Å²) in [5.74, 6) is 2.02. The Hall–Kier alpha value is -1.99. The van der Waals surface area contributed by atoms with Crippen molar-refractivity contribution in [1.29, 1.82) is 0 Å². The van der Waals surface area contributed by atoms with Crippen LogP contribution in [0.3, 0.4) is 0 Å². The van der Waals surface area contributed by atoms with Crippen molar-refractivity contribution in [1.82, 2.24) is 9.97 Å². The molecule has 3 rings (SSSR count). The topological polar surface area (TPSA) is 90.3 Å². The lowest BCUT2D eigenvalue weighted by molar-refractivity contribution is 0.122. The van der Waals surface area contributed by atoms with E-state index in [2.05, 4.69) is 9.88 Å². The number of thioether (sulfide) groups is 1. The molecule has 6 nitrogen and oxygen atoms in total. The lowest BCUT2D eigenvalue weighted by Crippen LogP contribution is -2.37. The van der Waals surface area contributed by atoms with Gasteiger partial charge in [-0.3, -0.25) is 0 Å². The smallest absolute Gasteiger partial charge is 0.163 e. The molecule has 0 aliphatic carbocycles. The first-order valence-corrected chi connectivity index (χ1v) is 8.31. The Balaban J connectivity index is 2.05. The van der Waals surface area contributed by atoms with E-state index in [-0.39, 0.29) is 0 Å². The fourth-order valence-corrected chi connectivity index (χ4v) is 3.01.